The number of anilines is 4. The van der Waals surface area contributed by atoms with E-state index in [2.05, 4.69) is 28.2 Å². The lowest BCUT2D eigenvalue weighted by Gasteiger charge is -2.26. The van der Waals surface area contributed by atoms with Crippen molar-refractivity contribution in [2.75, 3.05) is 54.3 Å². The van der Waals surface area contributed by atoms with Gasteiger partial charge in [-0.2, -0.15) is 9.97 Å². The first-order valence-corrected chi connectivity index (χ1v) is 28.4. The summed E-state index contributed by atoms with van der Waals surface area (Å²) in [6, 6.07) is 2.94. The number of aliphatic hydroxyl groups excluding tert-OH is 5. The summed E-state index contributed by atoms with van der Waals surface area (Å²) >= 11 is 3.08. The maximum Gasteiger partial charge on any atom is 0.225 e. The number of hydrogen-bond acceptors (Lipinski definition) is 21. The number of nitrogens with one attached hydrogen (secondary N) is 4. The van der Waals surface area contributed by atoms with E-state index in [4.69, 9.17) is 49.3 Å². The summed E-state index contributed by atoms with van der Waals surface area (Å²) in [6.07, 6.45) is 11.0. The monoisotopic (exact) mass is 1050 g/mol. The van der Waals surface area contributed by atoms with Crippen LogP contribution < -0.4 is 21.3 Å². The minimum Gasteiger partial charge on any atom is -0.396 e. The highest BCUT2D eigenvalue weighted by atomic mass is 32.1. The van der Waals surface area contributed by atoms with E-state index in [9.17, 15) is 25.5 Å². The Morgan fingerprint density at radius 3 is 2.00 bits per heavy atom. The predicted octanol–water partition coefficient (Wildman–Crippen LogP) is 6.76. The van der Waals surface area contributed by atoms with Crippen LogP contribution in [0.4, 0.5) is 23.5 Å². The fourth-order valence-electron chi connectivity index (χ4n) is 11.7. The summed E-state index contributed by atoms with van der Waals surface area (Å²) in [5.41, 5.74) is 6.27. The van der Waals surface area contributed by atoms with Gasteiger partial charge in [-0.15, -0.1) is 22.7 Å². The molecule has 396 valence electrons. The zero-order valence-electron chi connectivity index (χ0n) is 42.6. The molecule has 6 heterocycles. The molecule has 0 saturated heterocycles. The summed E-state index contributed by atoms with van der Waals surface area (Å²) in [5, 5.41) is 70.0. The maximum absolute atomic E-state index is 11.8. The second kappa shape index (κ2) is 21.7. The van der Waals surface area contributed by atoms with E-state index >= 15 is 0 Å². The molecule has 0 radical (unpaired) electrons. The van der Waals surface area contributed by atoms with Crippen molar-refractivity contribution in [2.45, 2.75) is 159 Å². The van der Waals surface area contributed by atoms with Crippen molar-refractivity contribution in [3.05, 3.63) is 47.3 Å². The fraction of sp³-hybridized carbons (Fsp3) is 0.623. The van der Waals surface area contributed by atoms with E-state index in [1.165, 1.54) is 37.0 Å². The molecular formula is C53H70N12O7S2. The molecule has 6 aromatic rings. The zero-order valence-corrected chi connectivity index (χ0v) is 44.3. The Kier molecular flexibility index (Phi) is 15.0. The van der Waals surface area contributed by atoms with Gasteiger partial charge in [0.05, 0.1) is 86.8 Å². The summed E-state index contributed by atoms with van der Waals surface area (Å²) in [5.74, 6) is 2.13. The molecule has 5 fully saturated rings. The van der Waals surface area contributed by atoms with Crippen LogP contribution in [-0.4, -0.2) is 147 Å². The van der Waals surface area contributed by atoms with Crippen molar-refractivity contribution in [1.82, 2.24) is 39.9 Å². The fourth-order valence-corrected chi connectivity index (χ4v) is 13.9. The lowest BCUT2D eigenvalue weighted by Crippen LogP contribution is -2.39. The van der Waals surface area contributed by atoms with Gasteiger partial charge in [-0.05, 0) is 96.6 Å². The molecule has 21 heteroatoms. The molecule has 5 saturated carbocycles. The predicted molar refractivity (Wildman–Crippen MR) is 287 cm³/mol. The molecular weight excluding hydrogens is 981 g/mol. The standard InChI is InChI=1S/C53H70N12O7S2/c1-5-32(25-71-6-2)58-51-56-26(3)38(50-62-42-37(74-50)14-19-55-40(42)28-11-12-28)48(63-51)60-35-22-30(24-67)44(69)46(35)72-20-15-33-41-36(13-18-54-33)73-49(61-41)39-27(4)57-52(65-53(16-17-53)31-9-7-8-10-31)64-47(39)59-34-21-29(23-66)43(68)45(34)70/h13-14,18-19,28-32,34-35,43-46,66-70H,5-12,15-17,20-25H2,1-4H3,(H2,56,58,60,63)(H2,57,59,64,65)/t29-,30-,32?,34-,35-,43-,44-,45+,46+/m1/s1. The van der Waals surface area contributed by atoms with Gasteiger partial charge in [0.25, 0.3) is 0 Å². The smallest absolute Gasteiger partial charge is 0.225 e. The molecule has 0 bridgehead atoms. The molecule has 0 spiro atoms. The molecule has 9 N–H and O–H groups in total. The Hall–Kier alpha value is -4.84. The Morgan fingerprint density at radius 1 is 0.730 bits per heavy atom. The molecule has 0 aromatic carbocycles. The number of nitrogens with zero attached hydrogens (tertiary/aromatic N) is 8. The van der Waals surface area contributed by atoms with Crippen molar-refractivity contribution >= 4 is 66.6 Å². The van der Waals surface area contributed by atoms with Gasteiger partial charge in [-0.25, -0.2) is 19.9 Å². The number of fused-ring (bicyclic) bond motifs is 2. The number of aryl methyl sites for hydroxylation is 2. The van der Waals surface area contributed by atoms with Gasteiger partial charge in [0.2, 0.25) is 11.9 Å². The number of aromatic nitrogens is 8. The van der Waals surface area contributed by atoms with Crippen molar-refractivity contribution in [3.8, 4) is 21.1 Å². The van der Waals surface area contributed by atoms with Crippen LogP contribution in [0.15, 0.2) is 24.5 Å². The van der Waals surface area contributed by atoms with Crippen LogP contribution in [0.2, 0.25) is 0 Å². The van der Waals surface area contributed by atoms with Crippen LogP contribution in [-0.2, 0) is 15.9 Å². The average Bonchev–Trinajstić information content (AvgIpc) is 4.07. The van der Waals surface area contributed by atoms with Crippen molar-refractivity contribution < 1.29 is 35.0 Å². The third kappa shape index (κ3) is 10.3. The molecule has 11 rings (SSSR count). The minimum atomic E-state index is -1.10. The normalized spacial score (nSPS) is 26.1. The van der Waals surface area contributed by atoms with Crippen molar-refractivity contribution in [2.24, 2.45) is 17.8 Å². The topological polar surface area (TPSA) is 271 Å². The molecule has 1 unspecified atom stereocenters. The van der Waals surface area contributed by atoms with E-state index < -0.39 is 48.3 Å². The first-order chi connectivity index (χ1) is 36.0. The van der Waals surface area contributed by atoms with Crippen LogP contribution >= 0.6 is 22.7 Å². The lowest BCUT2D eigenvalue weighted by molar-refractivity contribution is -0.0411. The van der Waals surface area contributed by atoms with Crippen LogP contribution in [0.25, 0.3) is 41.6 Å². The molecule has 5 aliphatic carbocycles. The van der Waals surface area contributed by atoms with E-state index in [-0.39, 0.29) is 31.4 Å². The highest BCUT2D eigenvalue weighted by Crippen LogP contribution is 2.52. The molecule has 0 aliphatic heterocycles. The Morgan fingerprint density at radius 2 is 1.35 bits per heavy atom. The van der Waals surface area contributed by atoms with Gasteiger partial charge in [0, 0.05) is 61.9 Å². The minimum absolute atomic E-state index is 0.00902. The lowest BCUT2D eigenvalue weighted by atomic mass is 9.96. The molecule has 6 aromatic heterocycles. The number of aliphatic hydroxyl groups is 5. The average molecular weight is 1050 g/mol. The van der Waals surface area contributed by atoms with E-state index in [0.717, 1.165) is 74.7 Å². The van der Waals surface area contributed by atoms with Crippen molar-refractivity contribution in [1.29, 1.82) is 0 Å². The summed E-state index contributed by atoms with van der Waals surface area (Å²) in [6.45, 7) is 8.84. The quantitative estimate of drug-likeness (QED) is 0.0340. The van der Waals surface area contributed by atoms with Crippen LogP contribution in [0.1, 0.15) is 113 Å². The second-order valence-corrected chi connectivity index (χ2v) is 23.3. The number of rotatable bonds is 22. The maximum atomic E-state index is 11.8. The van der Waals surface area contributed by atoms with E-state index in [0.29, 0.717) is 89.6 Å². The number of hydrogen-bond donors (Lipinski definition) is 9. The summed E-state index contributed by atoms with van der Waals surface area (Å²) in [7, 11) is 0. The largest absolute Gasteiger partial charge is 0.396 e. The van der Waals surface area contributed by atoms with E-state index in [1.54, 1.807) is 17.5 Å². The highest BCUT2D eigenvalue weighted by Gasteiger charge is 2.51. The molecule has 5 aliphatic rings. The number of ether oxygens (including phenoxy) is 2. The Bertz CT molecular complexity index is 2950. The number of thiazole rings is 2. The molecule has 74 heavy (non-hydrogen) atoms. The first kappa shape index (κ1) is 51.3. The number of pyridine rings is 2. The van der Waals surface area contributed by atoms with Gasteiger partial charge in [-0.1, -0.05) is 19.8 Å². The van der Waals surface area contributed by atoms with Gasteiger partial charge in [0.1, 0.15) is 44.9 Å². The SMILES string of the molecule is CCOCC(CC)Nc1nc(C)c(-c2nc3c(C4CC4)nccc3s2)c(N[C@@H]2C[C@H](CO)[C@@H](O)[C@H]2OCCc2nccc3sc(-c4c(C)nc(NC5(C6CCCC6)CC5)nc4N[C@@H]4C[C@H](CO)[C@@H](O)[C@H]4O)nc23)n1. The van der Waals surface area contributed by atoms with Crippen LogP contribution in [0.5, 0.6) is 0 Å². The summed E-state index contributed by atoms with van der Waals surface area (Å²) in [4.78, 5) is 40.0. The van der Waals surface area contributed by atoms with Crippen molar-refractivity contribution in [3.63, 3.8) is 0 Å². The van der Waals surface area contributed by atoms with Gasteiger partial charge in [-0.3, -0.25) is 9.97 Å². The molecule has 9 atom stereocenters. The summed E-state index contributed by atoms with van der Waals surface area (Å²) < 4.78 is 14.4. The van der Waals surface area contributed by atoms with Gasteiger partial charge in [0.15, 0.2) is 0 Å². The van der Waals surface area contributed by atoms with Gasteiger partial charge < -0.3 is 56.3 Å². The zero-order chi connectivity index (χ0) is 51.3. The van der Waals surface area contributed by atoms with Crippen LogP contribution in [0, 0.1) is 31.6 Å². The molecule has 19 nitrogen and oxygen atoms in total. The van der Waals surface area contributed by atoms with Crippen LogP contribution in [0.3, 0.4) is 0 Å². The first-order valence-electron chi connectivity index (χ1n) is 26.8. The molecule has 0 amide bonds. The Balaban J connectivity index is 0.863. The second-order valence-electron chi connectivity index (χ2n) is 21.3. The Labute approximate surface area is 438 Å². The van der Waals surface area contributed by atoms with E-state index in [1.807, 2.05) is 39.1 Å². The van der Waals surface area contributed by atoms with Gasteiger partial charge >= 0.3 is 0 Å². The highest BCUT2D eigenvalue weighted by molar-refractivity contribution is 7.22. The third-order valence-electron chi connectivity index (χ3n) is 16.3. The third-order valence-corrected chi connectivity index (χ3v) is 18.3.